The highest BCUT2D eigenvalue weighted by Gasteiger charge is 2.57. The minimum atomic E-state index is -2.20. The van der Waals surface area contributed by atoms with Gasteiger partial charge in [-0.2, -0.15) is 0 Å². The molecule has 152 valence electrons. The van der Waals surface area contributed by atoms with Crippen molar-refractivity contribution in [3.63, 3.8) is 0 Å². The Morgan fingerprint density at radius 2 is 1.71 bits per heavy atom. The normalized spacial score (nSPS) is 30.2. The predicted molar refractivity (Wildman–Crippen MR) is 94.2 cm³/mol. The van der Waals surface area contributed by atoms with Crippen LogP contribution in [0.15, 0.2) is 23.3 Å². The van der Waals surface area contributed by atoms with Crippen LogP contribution in [-0.2, 0) is 4.74 Å². The molecule has 0 unspecified atom stereocenters. The van der Waals surface area contributed by atoms with Crippen LogP contribution < -0.4 is 4.74 Å². The maximum absolute atomic E-state index is 13.0. The molecular formula is C19H22O9. The number of aromatic hydroxyl groups is 1. The number of phenolic OH excluding ortho intramolecular Hbond substituents is 1. The van der Waals surface area contributed by atoms with Crippen LogP contribution in [-0.4, -0.2) is 73.9 Å². The van der Waals surface area contributed by atoms with E-state index in [1.807, 2.05) is 0 Å². The molecule has 28 heavy (non-hydrogen) atoms. The number of phenols is 1. The number of aliphatic hydroxyl groups is 4. The first-order chi connectivity index (χ1) is 12.8. The van der Waals surface area contributed by atoms with Gasteiger partial charge in [-0.05, 0) is 26.8 Å². The molecule has 0 aromatic heterocycles. The average molecular weight is 394 g/mol. The van der Waals surface area contributed by atoms with Crippen LogP contribution >= 0.6 is 0 Å². The number of fused-ring (bicyclic) bond motifs is 1. The first-order valence-corrected chi connectivity index (χ1v) is 8.54. The van der Waals surface area contributed by atoms with Crippen molar-refractivity contribution in [2.75, 3.05) is 7.11 Å². The van der Waals surface area contributed by atoms with Crippen LogP contribution in [0, 0.1) is 0 Å². The molecule has 0 amide bonds. The molecule has 5 N–H and O–H groups in total. The van der Waals surface area contributed by atoms with E-state index in [-0.39, 0.29) is 16.9 Å². The van der Waals surface area contributed by atoms with Crippen molar-refractivity contribution in [2.45, 2.75) is 50.5 Å². The number of benzene rings is 1. The zero-order chi connectivity index (χ0) is 21.2. The lowest BCUT2D eigenvalue weighted by molar-refractivity contribution is -0.275. The fourth-order valence-electron chi connectivity index (χ4n) is 3.64. The van der Waals surface area contributed by atoms with Crippen molar-refractivity contribution >= 4 is 11.6 Å². The first-order valence-electron chi connectivity index (χ1n) is 8.54. The summed E-state index contributed by atoms with van der Waals surface area (Å²) in [6.45, 7) is 3.61. The summed E-state index contributed by atoms with van der Waals surface area (Å²) in [5.41, 5.74) is -3.75. The Morgan fingerprint density at radius 1 is 1.11 bits per heavy atom. The minimum Gasteiger partial charge on any atom is -0.507 e. The number of Topliss-reactive ketones (excluding diaryl/α,β-unsaturated/α-hetero) is 2. The third-order valence-corrected chi connectivity index (χ3v) is 4.98. The first kappa shape index (κ1) is 20.4. The van der Waals surface area contributed by atoms with Gasteiger partial charge in [-0.25, -0.2) is 0 Å². The van der Waals surface area contributed by atoms with Crippen LogP contribution in [0.25, 0.3) is 0 Å². The van der Waals surface area contributed by atoms with E-state index in [9.17, 15) is 35.1 Å². The maximum Gasteiger partial charge on any atom is 0.196 e. The summed E-state index contributed by atoms with van der Waals surface area (Å²) < 4.78 is 10.3. The van der Waals surface area contributed by atoms with Gasteiger partial charge in [0.25, 0.3) is 0 Å². The monoisotopic (exact) mass is 394 g/mol. The van der Waals surface area contributed by atoms with E-state index in [1.165, 1.54) is 27.0 Å². The maximum atomic E-state index is 13.0. The highest BCUT2D eigenvalue weighted by molar-refractivity contribution is 6.29. The summed E-state index contributed by atoms with van der Waals surface area (Å²) in [5.74, 6) is -3.97. The SMILES string of the molecule is COc1cc(O)c2c(c1)C(=O)C1=C(C2=O)[C@@H](O)[C@H](OC(C)(C)O)[C@@](C)(O)[C@@H]1O. The second kappa shape index (κ2) is 6.36. The summed E-state index contributed by atoms with van der Waals surface area (Å²) in [6.07, 6.45) is -5.36. The van der Waals surface area contributed by atoms with Crippen molar-refractivity contribution < 1.29 is 44.6 Å². The smallest absolute Gasteiger partial charge is 0.196 e. The summed E-state index contributed by atoms with van der Waals surface area (Å²) >= 11 is 0. The Bertz CT molecular complexity index is 891. The summed E-state index contributed by atoms with van der Waals surface area (Å²) in [6, 6.07) is 2.37. The lowest BCUT2D eigenvalue weighted by atomic mass is 9.68. The molecular weight excluding hydrogens is 372 g/mol. The van der Waals surface area contributed by atoms with Crippen molar-refractivity contribution in [3.8, 4) is 11.5 Å². The number of ether oxygens (including phenoxy) is 2. The zero-order valence-electron chi connectivity index (χ0n) is 15.8. The molecule has 9 heteroatoms. The molecule has 9 nitrogen and oxygen atoms in total. The van der Waals surface area contributed by atoms with E-state index >= 15 is 0 Å². The van der Waals surface area contributed by atoms with Crippen LogP contribution in [0.5, 0.6) is 11.5 Å². The highest BCUT2D eigenvalue weighted by atomic mass is 16.6. The lowest BCUT2D eigenvalue weighted by Crippen LogP contribution is -2.64. The molecule has 0 heterocycles. The largest absolute Gasteiger partial charge is 0.507 e. The van der Waals surface area contributed by atoms with Gasteiger partial charge in [0.05, 0.1) is 12.7 Å². The summed E-state index contributed by atoms with van der Waals surface area (Å²) in [4.78, 5) is 26.0. The van der Waals surface area contributed by atoms with Gasteiger partial charge in [0.15, 0.2) is 17.4 Å². The van der Waals surface area contributed by atoms with Crippen LogP contribution in [0.3, 0.4) is 0 Å². The van der Waals surface area contributed by atoms with Gasteiger partial charge in [0.2, 0.25) is 0 Å². The standard InChI is InChI=1S/C19H22O9/c1-18(2,25)28-17-15(23)11-12(16(24)19(17,3)26)13(21)8-5-7(27-4)6-9(20)10(8)14(11)22/h5-6,15-17,20,23-26H,1-4H3/t15-,16-,17+,19+/m1/s1. The van der Waals surface area contributed by atoms with E-state index in [1.54, 1.807) is 0 Å². The highest BCUT2D eigenvalue weighted by Crippen LogP contribution is 2.44. The molecule has 0 bridgehead atoms. The lowest BCUT2D eigenvalue weighted by Gasteiger charge is -2.47. The van der Waals surface area contributed by atoms with Gasteiger partial charge in [0.1, 0.15) is 35.4 Å². The predicted octanol–water partition coefficient (Wildman–Crippen LogP) is -0.324. The van der Waals surface area contributed by atoms with E-state index in [2.05, 4.69) is 0 Å². The van der Waals surface area contributed by atoms with Gasteiger partial charge in [-0.3, -0.25) is 9.59 Å². The van der Waals surface area contributed by atoms with Crippen molar-refractivity contribution in [3.05, 3.63) is 34.4 Å². The Kier molecular flexibility index (Phi) is 4.64. The van der Waals surface area contributed by atoms with E-state index in [4.69, 9.17) is 9.47 Å². The van der Waals surface area contributed by atoms with Crippen LogP contribution in [0.4, 0.5) is 0 Å². The Morgan fingerprint density at radius 3 is 2.25 bits per heavy atom. The summed E-state index contributed by atoms with van der Waals surface area (Å²) in [7, 11) is 1.31. The molecule has 0 saturated carbocycles. The Labute approximate surface area is 160 Å². The van der Waals surface area contributed by atoms with Crippen molar-refractivity contribution in [1.82, 2.24) is 0 Å². The quantitative estimate of drug-likeness (QED) is 0.434. The number of carbonyl (C=O) groups is 2. The number of hydrogen-bond acceptors (Lipinski definition) is 9. The fraction of sp³-hybridized carbons (Fsp3) is 0.474. The van der Waals surface area contributed by atoms with Gasteiger partial charge in [0, 0.05) is 22.8 Å². The Balaban J connectivity index is 2.22. The van der Waals surface area contributed by atoms with Crippen molar-refractivity contribution in [1.29, 1.82) is 0 Å². The van der Waals surface area contributed by atoms with Gasteiger partial charge in [-0.15, -0.1) is 0 Å². The zero-order valence-corrected chi connectivity index (χ0v) is 15.8. The topological polar surface area (TPSA) is 154 Å². The Hall–Kier alpha value is -2.30. The van der Waals surface area contributed by atoms with Gasteiger partial charge >= 0.3 is 0 Å². The minimum absolute atomic E-state index is 0.113. The number of aliphatic hydroxyl groups excluding tert-OH is 2. The second-order valence-corrected chi connectivity index (χ2v) is 7.61. The van der Waals surface area contributed by atoms with Gasteiger partial charge in [-0.1, -0.05) is 0 Å². The molecule has 0 radical (unpaired) electrons. The molecule has 3 rings (SSSR count). The van der Waals surface area contributed by atoms with Crippen LogP contribution in [0.1, 0.15) is 41.5 Å². The van der Waals surface area contributed by atoms with E-state index in [0.29, 0.717) is 0 Å². The molecule has 1 aromatic carbocycles. The molecule has 2 aliphatic carbocycles. The third-order valence-electron chi connectivity index (χ3n) is 4.98. The third kappa shape index (κ3) is 2.92. The number of carbonyl (C=O) groups excluding carboxylic acids is 2. The van der Waals surface area contributed by atoms with E-state index in [0.717, 1.165) is 13.0 Å². The van der Waals surface area contributed by atoms with Crippen LogP contribution in [0.2, 0.25) is 0 Å². The molecule has 2 aliphatic rings. The second-order valence-electron chi connectivity index (χ2n) is 7.61. The summed E-state index contributed by atoms with van der Waals surface area (Å²) in [5, 5.41) is 52.3. The molecule has 1 aromatic rings. The molecule has 0 aliphatic heterocycles. The number of rotatable bonds is 3. The fourth-order valence-corrected chi connectivity index (χ4v) is 3.64. The van der Waals surface area contributed by atoms with Gasteiger partial charge < -0.3 is 35.0 Å². The molecule has 0 spiro atoms. The number of ketones is 2. The number of hydrogen-bond donors (Lipinski definition) is 5. The van der Waals surface area contributed by atoms with E-state index < -0.39 is 58.2 Å². The number of methoxy groups -OCH3 is 1. The molecule has 0 saturated heterocycles. The average Bonchev–Trinajstić information content (AvgIpc) is 2.58. The molecule has 4 atom stereocenters. The molecule has 0 fully saturated rings. The van der Waals surface area contributed by atoms with Crippen molar-refractivity contribution in [2.24, 2.45) is 0 Å².